The van der Waals surface area contributed by atoms with Crippen LogP contribution in [-0.2, 0) is 10.2 Å². The first kappa shape index (κ1) is 15.0. The van der Waals surface area contributed by atoms with E-state index in [0.29, 0.717) is 12.1 Å². The van der Waals surface area contributed by atoms with Crippen LogP contribution in [0.15, 0.2) is 24.3 Å². The molecule has 0 saturated heterocycles. The van der Waals surface area contributed by atoms with Crippen molar-refractivity contribution in [3.8, 4) is 0 Å². The Labute approximate surface area is 120 Å². The number of rotatable bonds is 6. The van der Waals surface area contributed by atoms with Crippen molar-refractivity contribution in [1.82, 2.24) is 10.2 Å². The number of hydrogen-bond acceptors (Lipinski definition) is 2. The molecule has 2 rings (SSSR count). The Bertz CT molecular complexity index is 469. The molecule has 0 unspecified atom stereocenters. The van der Waals surface area contributed by atoms with Crippen molar-refractivity contribution in [3.05, 3.63) is 35.6 Å². The molecule has 110 valence electrons. The third-order valence-corrected chi connectivity index (χ3v) is 4.10. The van der Waals surface area contributed by atoms with Gasteiger partial charge in [-0.3, -0.25) is 4.79 Å². The van der Waals surface area contributed by atoms with E-state index in [9.17, 15) is 9.18 Å². The zero-order chi connectivity index (χ0) is 14.6. The third kappa shape index (κ3) is 3.01. The number of nitrogens with one attached hydrogen (secondary N) is 1. The lowest BCUT2D eigenvalue weighted by atomic mass is 9.63. The van der Waals surface area contributed by atoms with Gasteiger partial charge in [-0.2, -0.15) is 0 Å². The monoisotopic (exact) mass is 278 g/mol. The number of carbonyl (C=O) groups excluding carboxylic acids is 1. The summed E-state index contributed by atoms with van der Waals surface area (Å²) in [4.78, 5) is 14.5. The zero-order valence-electron chi connectivity index (χ0n) is 12.3. The average molecular weight is 278 g/mol. The van der Waals surface area contributed by atoms with E-state index in [1.807, 2.05) is 14.1 Å². The van der Waals surface area contributed by atoms with E-state index in [2.05, 4.69) is 10.2 Å². The molecule has 1 saturated carbocycles. The van der Waals surface area contributed by atoms with Gasteiger partial charge >= 0.3 is 0 Å². The van der Waals surface area contributed by atoms with Gasteiger partial charge in [0.25, 0.3) is 0 Å². The third-order valence-electron chi connectivity index (χ3n) is 4.10. The molecular weight excluding hydrogens is 255 g/mol. The maximum Gasteiger partial charge on any atom is 0.230 e. The highest BCUT2D eigenvalue weighted by Gasteiger charge is 2.46. The molecule has 20 heavy (non-hydrogen) atoms. The molecule has 1 aromatic rings. The van der Waals surface area contributed by atoms with Crippen LogP contribution < -0.4 is 5.32 Å². The van der Waals surface area contributed by atoms with Gasteiger partial charge in [0.2, 0.25) is 5.91 Å². The van der Waals surface area contributed by atoms with Crippen molar-refractivity contribution in [2.45, 2.75) is 31.1 Å². The number of amides is 1. The minimum absolute atomic E-state index is 0.0207. The quantitative estimate of drug-likeness (QED) is 0.810. The van der Waals surface area contributed by atoms with Crippen LogP contribution in [0.5, 0.6) is 0 Å². The number of halogens is 1. The van der Waals surface area contributed by atoms with Gasteiger partial charge in [-0.05, 0) is 46.0 Å². The van der Waals surface area contributed by atoms with Gasteiger partial charge in [-0.25, -0.2) is 4.39 Å². The number of hydrogen-bond donors (Lipinski definition) is 1. The maximum atomic E-state index is 14.0. The number of carbonyl (C=O) groups is 1. The minimum Gasteiger partial charge on any atom is -0.355 e. The first-order chi connectivity index (χ1) is 9.56. The molecule has 0 radical (unpaired) electrons. The van der Waals surface area contributed by atoms with Crippen LogP contribution in [0.3, 0.4) is 0 Å². The summed E-state index contributed by atoms with van der Waals surface area (Å²) in [5, 5.41) is 2.97. The van der Waals surface area contributed by atoms with Crippen LogP contribution in [0, 0.1) is 5.82 Å². The molecule has 1 aliphatic rings. The highest BCUT2D eigenvalue weighted by atomic mass is 19.1. The standard InChI is InChI=1S/C16H23FN2O/c1-19(2)12-6-11-18-15(20)16(9-5-10-16)13-7-3-4-8-14(13)17/h3-4,7-8H,5-6,9-12H2,1-2H3,(H,18,20). The smallest absolute Gasteiger partial charge is 0.230 e. The van der Waals surface area contributed by atoms with Crippen molar-refractivity contribution in [1.29, 1.82) is 0 Å². The van der Waals surface area contributed by atoms with Crippen molar-refractivity contribution < 1.29 is 9.18 Å². The topological polar surface area (TPSA) is 32.3 Å². The molecule has 1 aromatic carbocycles. The predicted molar refractivity (Wildman–Crippen MR) is 78.1 cm³/mol. The molecule has 0 atom stereocenters. The van der Waals surface area contributed by atoms with Crippen LogP contribution in [0.1, 0.15) is 31.2 Å². The van der Waals surface area contributed by atoms with Crippen LogP contribution in [0.25, 0.3) is 0 Å². The fourth-order valence-electron chi connectivity index (χ4n) is 2.76. The molecule has 1 N–H and O–H groups in total. The van der Waals surface area contributed by atoms with Gasteiger partial charge in [-0.15, -0.1) is 0 Å². The highest BCUT2D eigenvalue weighted by molar-refractivity contribution is 5.89. The molecule has 0 spiro atoms. The van der Waals surface area contributed by atoms with Gasteiger partial charge in [0.15, 0.2) is 0 Å². The second-order valence-electron chi connectivity index (χ2n) is 5.83. The van der Waals surface area contributed by atoms with E-state index in [4.69, 9.17) is 0 Å². The summed E-state index contributed by atoms with van der Waals surface area (Å²) in [7, 11) is 4.02. The number of nitrogens with zero attached hydrogens (tertiary/aromatic N) is 1. The van der Waals surface area contributed by atoms with Crippen molar-refractivity contribution in [2.24, 2.45) is 0 Å². The summed E-state index contributed by atoms with van der Waals surface area (Å²) in [6.07, 6.45) is 3.38. The van der Waals surface area contributed by atoms with Gasteiger partial charge in [-0.1, -0.05) is 24.6 Å². The van der Waals surface area contributed by atoms with Gasteiger partial charge in [0, 0.05) is 12.1 Å². The van der Waals surface area contributed by atoms with E-state index in [-0.39, 0.29) is 11.7 Å². The van der Waals surface area contributed by atoms with Crippen LogP contribution in [0.2, 0.25) is 0 Å². The second-order valence-corrected chi connectivity index (χ2v) is 5.83. The summed E-state index contributed by atoms with van der Waals surface area (Å²) >= 11 is 0. The molecule has 4 heteroatoms. The molecule has 0 aliphatic heterocycles. The molecular formula is C16H23FN2O. The zero-order valence-corrected chi connectivity index (χ0v) is 12.3. The first-order valence-corrected chi connectivity index (χ1v) is 7.24. The summed E-state index contributed by atoms with van der Waals surface area (Å²) in [5.74, 6) is -0.289. The van der Waals surface area contributed by atoms with E-state index in [0.717, 1.165) is 32.2 Å². The predicted octanol–water partition coefficient (Wildman–Crippen LogP) is 2.32. The molecule has 0 bridgehead atoms. The van der Waals surface area contributed by atoms with Gasteiger partial charge < -0.3 is 10.2 Å². The SMILES string of the molecule is CN(C)CCCNC(=O)C1(c2ccccc2F)CCC1. The van der Waals surface area contributed by atoms with E-state index in [1.54, 1.807) is 18.2 Å². The Morgan fingerprint density at radius 1 is 1.35 bits per heavy atom. The second kappa shape index (κ2) is 6.35. The Morgan fingerprint density at radius 2 is 2.05 bits per heavy atom. The van der Waals surface area contributed by atoms with Crippen LogP contribution in [0.4, 0.5) is 4.39 Å². The number of benzene rings is 1. The molecule has 3 nitrogen and oxygen atoms in total. The van der Waals surface area contributed by atoms with Crippen LogP contribution in [-0.4, -0.2) is 38.0 Å². The van der Waals surface area contributed by atoms with Gasteiger partial charge in [0.05, 0.1) is 5.41 Å². The van der Waals surface area contributed by atoms with Crippen molar-refractivity contribution in [2.75, 3.05) is 27.2 Å². The molecule has 1 amide bonds. The minimum atomic E-state index is -0.635. The van der Waals surface area contributed by atoms with E-state index >= 15 is 0 Å². The van der Waals surface area contributed by atoms with E-state index in [1.165, 1.54) is 6.07 Å². The Balaban J connectivity index is 2.01. The maximum absolute atomic E-state index is 14.0. The first-order valence-electron chi connectivity index (χ1n) is 7.24. The molecule has 0 heterocycles. The van der Waals surface area contributed by atoms with Crippen molar-refractivity contribution in [3.63, 3.8) is 0 Å². The van der Waals surface area contributed by atoms with Crippen LogP contribution >= 0.6 is 0 Å². The largest absolute Gasteiger partial charge is 0.355 e. The average Bonchev–Trinajstić information content (AvgIpc) is 2.35. The summed E-state index contributed by atoms with van der Waals surface area (Å²) in [6, 6.07) is 6.65. The van der Waals surface area contributed by atoms with Crippen molar-refractivity contribution >= 4 is 5.91 Å². The fourth-order valence-corrected chi connectivity index (χ4v) is 2.76. The molecule has 1 fully saturated rings. The lowest BCUT2D eigenvalue weighted by Crippen LogP contribution is -2.50. The Kier molecular flexibility index (Phi) is 4.76. The molecule has 1 aliphatic carbocycles. The lowest BCUT2D eigenvalue weighted by molar-refractivity contribution is -0.130. The molecule has 0 aromatic heterocycles. The highest BCUT2D eigenvalue weighted by Crippen LogP contribution is 2.44. The summed E-state index contributed by atoms with van der Waals surface area (Å²) in [5.41, 5.74) is -0.0833. The lowest BCUT2D eigenvalue weighted by Gasteiger charge is -2.40. The summed E-state index contributed by atoms with van der Waals surface area (Å²) < 4.78 is 14.0. The Morgan fingerprint density at radius 3 is 2.60 bits per heavy atom. The summed E-state index contributed by atoms with van der Waals surface area (Å²) in [6.45, 7) is 1.58. The Hall–Kier alpha value is -1.42. The normalized spacial score (nSPS) is 16.8. The van der Waals surface area contributed by atoms with Gasteiger partial charge in [0.1, 0.15) is 5.82 Å². The fraction of sp³-hybridized carbons (Fsp3) is 0.562. The van der Waals surface area contributed by atoms with E-state index < -0.39 is 5.41 Å².